The molecule has 0 unspecified atom stereocenters. The fourth-order valence-corrected chi connectivity index (χ4v) is 6.32. The Morgan fingerprint density at radius 2 is 1.86 bits per heavy atom. The van der Waals surface area contributed by atoms with E-state index in [1.807, 2.05) is 0 Å². The molecular weight excluding hydrogens is 360 g/mol. The number of aliphatic hydroxyl groups excluding tert-OH is 2. The zero-order valence-electron chi connectivity index (χ0n) is 18.7. The molecule has 0 spiro atoms. The highest BCUT2D eigenvalue weighted by Gasteiger charge is 2.50. The second-order valence-electron chi connectivity index (χ2n) is 10.7. The van der Waals surface area contributed by atoms with Crippen LogP contribution in [0.1, 0.15) is 85.5 Å². The van der Waals surface area contributed by atoms with Crippen molar-refractivity contribution in [1.82, 2.24) is 0 Å². The van der Waals surface area contributed by atoms with E-state index in [0.717, 1.165) is 6.42 Å². The van der Waals surface area contributed by atoms with Crippen LogP contribution >= 0.6 is 0 Å². The summed E-state index contributed by atoms with van der Waals surface area (Å²) < 4.78 is 0. The van der Waals surface area contributed by atoms with Crippen LogP contribution in [-0.2, 0) is 0 Å². The summed E-state index contributed by atoms with van der Waals surface area (Å²) in [7, 11) is 0. The zero-order valence-corrected chi connectivity index (χ0v) is 18.7. The zero-order chi connectivity index (χ0) is 21.2. The lowest BCUT2D eigenvalue weighted by Gasteiger charge is -2.44. The van der Waals surface area contributed by atoms with Crippen molar-refractivity contribution in [3.05, 3.63) is 23.3 Å². The lowest BCUT2D eigenvalue weighted by molar-refractivity contribution is 0.0609. The topological polar surface area (TPSA) is 60.7 Å². The summed E-state index contributed by atoms with van der Waals surface area (Å²) in [5.74, 6) is 8.07. The first kappa shape index (κ1) is 22.6. The van der Waals surface area contributed by atoms with Gasteiger partial charge in [-0.3, -0.25) is 0 Å². The molecule has 0 aromatic rings. The van der Waals surface area contributed by atoms with Gasteiger partial charge in [0.2, 0.25) is 0 Å². The standard InChI is InChI=1S/C26H40O3/c1-18(7-5-13-25(2,3)29)23-11-12-24-20(8-6-14-26(23,24)4)10-9-19-15-21(27)17-22(28)16-19/h9-10,18,21-24,27-29H,6-8,11-12,14-17H2,1-4H3/b20-10+/t18-,21-,22-,23-,24+,26-/m1/s1. The van der Waals surface area contributed by atoms with Crippen molar-refractivity contribution < 1.29 is 15.3 Å². The van der Waals surface area contributed by atoms with Crippen LogP contribution in [0.4, 0.5) is 0 Å². The van der Waals surface area contributed by atoms with Crippen molar-refractivity contribution >= 4 is 0 Å². The fourth-order valence-electron chi connectivity index (χ4n) is 6.32. The summed E-state index contributed by atoms with van der Waals surface area (Å²) in [6.07, 6.45) is 12.7. The Bertz CT molecular complexity index is 690. The van der Waals surface area contributed by atoms with Gasteiger partial charge in [-0.1, -0.05) is 43.1 Å². The molecule has 0 saturated heterocycles. The molecule has 0 bridgehead atoms. The second-order valence-corrected chi connectivity index (χ2v) is 10.7. The van der Waals surface area contributed by atoms with Gasteiger partial charge in [0.05, 0.1) is 12.2 Å². The largest absolute Gasteiger partial charge is 0.393 e. The molecule has 3 fully saturated rings. The highest BCUT2D eigenvalue weighted by atomic mass is 16.3. The average molecular weight is 401 g/mol. The monoisotopic (exact) mass is 400 g/mol. The van der Waals surface area contributed by atoms with Gasteiger partial charge in [-0.25, -0.2) is 0 Å². The van der Waals surface area contributed by atoms with Gasteiger partial charge in [0.25, 0.3) is 0 Å². The Labute approximate surface area is 177 Å². The maximum absolute atomic E-state index is 9.95. The van der Waals surface area contributed by atoms with Crippen LogP contribution in [0, 0.1) is 35.0 Å². The number of hydrogen-bond donors (Lipinski definition) is 3. The van der Waals surface area contributed by atoms with Crippen molar-refractivity contribution in [2.75, 3.05) is 0 Å². The SMILES string of the molecule is C[C@H](CC#CC(C)(C)O)[C@H]1CC[C@H]2/C(=C/C=C3C[C@@H](O)C[C@H](O)C3)CCC[C@]12C. The molecule has 0 heterocycles. The number of fused-ring (bicyclic) bond motifs is 1. The highest BCUT2D eigenvalue weighted by molar-refractivity contribution is 5.26. The quantitative estimate of drug-likeness (QED) is 0.599. The summed E-state index contributed by atoms with van der Waals surface area (Å²) in [5.41, 5.74) is 2.18. The Hall–Kier alpha value is -1.08. The van der Waals surface area contributed by atoms with E-state index < -0.39 is 17.8 Å². The molecule has 3 aliphatic carbocycles. The van der Waals surface area contributed by atoms with Crippen LogP contribution in [0.5, 0.6) is 0 Å². The molecule has 3 nitrogen and oxygen atoms in total. The molecule has 0 aliphatic heterocycles. The molecule has 3 saturated carbocycles. The van der Waals surface area contributed by atoms with Crippen LogP contribution in [-0.4, -0.2) is 33.1 Å². The van der Waals surface area contributed by atoms with Crippen LogP contribution in [0.3, 0.4) is 0 Å². The van der Waals surface area contributed by atoms with Crippen LogP contribution < -0.4 is 0 Å². The van der Waals surface area contributed by atoms with E-state index >= 15 is 0 Å². The minimum atomic E-state index is -0.906. The van der Waals surface area contributed by atoms with Crippen molar-refractivity contribution in [3.63, 3.8) is 0 Å². The Morgan fingerprint density at radius 3 is 2.52 bits per heavy atom. The normalized spacial score (nSPS) is 37.6. The van der Waals surface area contributed by atoms with E-state index in [9.17, 15) is 15.3 Å². The molecule has 162 valence electrons. The van der Waals surface area contributed by atoms with Crippen LogP contribution in [0.25, 0.3) is 0 Å². The summed E-state index contributed by atoms with van der Waals surface area (Å²) in [5, 5.41) is 29.7. The third kappa shape index (κ3) is 5.54. The summed E-state index contributed by atoms with van der Waals surface area (Å²) >= 11 is 0. The first-order valence-corrected chi connectivity index (χ1v) is 11.6. The van der Waals surface area contributed by atoms with Gasteiger partial charge < -0.3 is 15.3 Å². The van der Waals surface area contributed by atoms with Crippen LogP contribution in [0.2, 0.25) is 0 Å². The molecule has 3 rings (SSSR count). The van der Waals surface area contributed by atoms with Gasteiger partial charge in [0.1, 0.15) is 5.60 Å². The molecule has 6 atom stereocenters. The second kappa shape index (κ2) is 8.96. The predicted molar refractivity (Wildman–Crippen MR) is 118 cm³/mol. The summed E-state index contributed by atoms with van der Waals surface area (Å²) in [6, 6.07) is 0. The van der Waals surface area contributed by atoms with E-state index in [-0.39, 0.29) is 0 Å². The minimum Gasteiger partial charge on any atom is -0.393 e. The van der Waals surface area contributed by atoms with E-state index in [0.29, 0.717) is 42.4 Å². The van der Waals surface area contributed by atoms with Gasteiger partial charge in [0, 0.05) is 6.42 Å². The molecule has 29 heavy (non-hydrogen) atoms. The molecule has 3 N–H and O–H groups in total. The number of hydrogen-bond acceptors (Lipinski definition) is 3. The highest BCUT2D eigenvalue weighted by Crippen LogP contribution is 2.59. The van der Waals surface area contributed by atoms with E-state index in [4.69, 9.17) is 0 Å². The smallest absolute Gasteiger partial charge is 0.119 e. The summed E-state index contributed by atoms with van der Waals surface area (Å²) in [4.78, 5) is 0. The number of rotatable bonds is 3. The number of allylic oxidation sites excluding steroid dienone is 3. The lowest BCUT2D eigenvalue weighted by Crippen LogP contribution is -2.36. The van der Waals surface area contributed by atoms with Crippen molar-refractivity contribution in [2.24, 2.45) is 23.2 Å². The molecule has 0 amide bonds. The van der Waals surface area contributed by atoms with Crippen LogP contribution in [0.15, 0.2) is 23.3 Å². The molecule has 3 heteroatoms. The third-order valence-electron chi connectivity index (χ3n) is 7.62. The molecule has 0 radical (unpaired) electrons. The van der Waals surface area contributed by atoms with Gasteiger partial charge in [-0.05, 0) is 88.4 Å². The molecule has 0 aromatic carbocycles. The van der Waals surface area contributed by atoms with Crippen molar-refractivity contribution in [3.8, 4) is 11.8 Å². The lowest BCUT2D eigenvalue weighted by atomic mass is 9.61. The predicted octanol–water partition coefficient (Wildman–Crippen LogP) is 4.76. The molecule has 0 aromatic heterocycles. The summed E-state index contributed by atoms with van der Waals surface area (Å²) in [6.45, 7) is 8.31. The van der Waals surface area contributed by atoms with Crippen molar-refractivity contribution in [2.45, 2.75) is 103 Å². The number of aliphatic hydroxyl groups is 3. The maximum Gasteiger partial charge on any atom is 0.119 e. The Balaban J connectivity index is 1.71. The first-order chi connectivity index (χ1) is 13.6. The first-order valence-electron chi connectivity index (χ1n) is 11.6. The van der Waals surface area contributed by atoms with Gasteiger partial charge in [-0.2, -0.15) is 0 Å². The van der Waals surface area contributed by atoms with Gasteiger partial charge in [0.15, 0.2) is 0 Å². The van der Waals surface area contributed by atoms with E-state index in [1.54, 1.807) is 19.4 Å². The van der Waals surface area contributed by atoms with E-state index in [1.165, 1.54) is 37.7 Å². The maximum atomic E-state index is 9.95. The Morgan fingerprint density at radius 1 is 1.17 bits per heavy atom. The average Bonchev–Trinajstić information content (AvgIpc) is 2.95. The van der Waals surface area contributed by atoms with Gasteiger partial charge >= 0.3 is 0 Å². The van der Waals surface area contributed by atoms with Crippen molar-refractivity contribution in [1.29, 1.82) is 0 Å². The Kier molecular flexibility index (Phi) is 6.99. The molecular formula is C26H40O3. The fraction of sp³-hybridized carbons (Fsp3) is 0.769. The van der Waals surface area contributed by atoms with E-state index in [2.05, 4.69) is 37.8 Å². The minimum absolute atomic E-state index is 0.337. The third-order valence-corrected chi connectivity index (χ3v) is 7.62. The molecule has 3 aliphatic rings. The van der Waals surface area contributed by atoms with Gasteiger partial charge in [-0.15, -0.1) is 5.92 Å².